The Hall–Kier alpha value is -3.43. The first kappa shape index (κ1) is 18.4. The van der Waals surface area contributed by atoms with E-state index in [1.165, 1.54) is 0 Å². The van der Waals surface area contributed by atoms with E-state index in [0.717, 1.165) is 0 Å². The molecule has 0 bridgehead atoms. The minimum atomic E-state index is -1.76. The average molecular weight is 381 g/mol. The minimum Gasteiger partial charge on any atom is -0.479 e. The molecule has 6 nitrogen and oxygen atoms in total. The molecule has 27 heavy (non-hydrogen) atoms. The number of nitrogens with zero attached hydrogens (tertiary/aromatic N) is 1. The van der Waals surface area contributed by atoms with Gasteiger partial charge >= 0.3 is 0 Å². The molecule has 0 aliphatic rings. The summed E-state index contributed by atoms with van der Waals surface area (Å²) < 4.78 is 57.6. The maximum atomic E-state index is 13.4. The van der Waals surface area contributed by atoms with Gasteiger partial charge in [0.25, 0.3) is 5.91 Å². The summed E-state index contributed by atoms with van der Waals surface area (Å²) in [6.45, 7) is -1.45. The van der Waals surface area contributed by atoms with Crippen molar-refractivity contribution < 1.29 is 31.9 Å². The maximum absolute atomic E-state index is 13.4. The third-order valence-electron chi connectivity index (χ3n) is 3.58. The molecule has 1 amide bonds. The number of H-pyrrole nitrogens is 1. The Morgan fingerprint density at radius 3 is 2.44 bits per heavy atom. The lowest BCUT2D eigenvalue weighted by atomic mass is 10.2. The lowest BCUT2D eigenvalue weighted by Crippen LogP contribution is -2.32. The van der Waals surface area contributed by atoms with E-state index in [1.807, 2.05) is 0 Å². The molecule has 140 valence electrons. The fraction of sp³-hybridized carbons (Fsp3) is 0.118. The molecule has 0 spiro atoms. The van der Waals surface area contributed by atoms with Crippen molar-refractivity contribution in [3.8, 4) is 5.75 Å². The second-order valence-corrected chi connectivity index (χ2v) is 5.43. The molecule has 0 saturated carbocycles. The number of carbonyl (C=O) groups is 2. The zero-order valence-corrected chi connectivity index (χ0v) is 13.5. The minimum absolute atomic E-state index is 0.0216. The Morgan fingerprint density at radius 1 is 1.07 bits per heavy atom. The highest BCUT2D eigenvalue weighted by Gasteiger charge is 2.21. The second kappa shape index (κ2) is 7.44. The summed E-state index contributed by atoms with van der Waals surface area (Å²) >= 11 is 0. The van der Waals surface area contributed by atoms with Crippen LogP contribution in [-0.4, -0.2) is 35.0 Å². The molecule has 3 rings (SSSR count). The van der Waals surface area contributed by atoms with Crippen LogP contribution in [0.25, 0.3) is 10.9 Å². The Kier molecular flexibility index (Phi) is 5.06. The van der Waals surface area contributed by atoms with Crippen molar-refractivity contribution in [3.63, 3.8) is 0 Å². The van der Waals surface area contributed by atoms with Crippen LogP contribution in [0.5, 0.6) is 5.75 Å². The summed E-state index contributed by atoms with van der Waals surface area (Å²) in [5.74, 6) is -9.61. The number of fused-ring (bicyclic) bond motifs is 1. The number of carbonyl (C=O) groups excluding carboxylic acids is 2. The number of aromatic nitrogens is 2. The third-order valence-corrected chi connectivity index (χ3v) is 3.58. The van der Waals surface area contributed by atoms with Gasteiger partial charge in [-0.15, -0.1) is 0 Å². The summed E-state index contributed by atoms with van der Waals surface area (Å²) in [5, 5.41) is 9.32. The van der Waals surface area contributed by atoms with Gasteiger partial charge in [0, 0.05) is 11.5 Å². The van der Waals surface area contributed by atoms with Crippen molar-refractivity contribution >= 4 is 22.6 Å². The fourth-order valence-corrected chi connectivity index (χ4v) is 2.28. The van der Waals surface area contributed by atoms with Gasteiger partial charge < -0.3 is 10.1 Å². The molecule has 10 heteroatoms. The van der Waals surface area contributed by atoms with Crippen LogP contribution >= 0.6 is 0 Å². The van der Waals surface area contributed by atoms with Gasteiger partial charge in [0.05, 0.1) is 12.1 Å². The van der Waals surface area contributed by atoms with Gasteiger partial charge in [0.2, 0.25) is 11.6 Å². The van der Waals surface area contributed by atoms with Gasteiger partial charge in [-0.05, 0) is 6.07 Å². The van der Waals surface area contributed by atoms with E-state index < -0.39 is 53.9 Å². The zero-order chi connectivity index (χ0) is 19.6. The summed E-state index contributed by atoms with van der Waals surface area (Å²) in [7, 11) is 0. The number of para-hydroxylation sites is 1. The molecule has 1 aromatic heterocycles. The number of benzene rings is 2. The number of hydrogen-bond donors (Lipinski definition) is 2. The van der Waals surface area contributed by atoms with E-state index in [4.69, 9.17) is 0 Å². The lowest BCUT2D eigenvalue weighted by molar-refractivity contribution is -0.120. The van der Waals surface area contributed by atoms with Crippen LogP contribution in [0.3, 0.4) is 0 Å². The van der Waals surface area contributed by atoms with Crippen LogP contribution in [0, 0.1) is 23.3 Å². The van der Waals surface area contributed by atoms with Gasteiger partial charge in [-0.2, -0.15) is 13.9 Å². The average Bonchev–Trinajstić information content (AvgIpc) is 3.08. The Labute approximate surface area is 149 Å². The Bertz CT molecular complexity index is 1010. The molecular formula is C17H11F4N3O3. The largest absolute Gasteiger partial charge is 0.479 e. The van der Waals surface area contributed by atoms with Crippen LogP contribution in [-0.2, 0) is 4.79 Å². The van der Waals surface area contributed by atoms with Crippen molar-refractivity contribution in [2.24, 2.45) is 0 Å². The van der Waals surface area contributed by atoms with Gasteiger partial charge in [-0.3, -0.25) is 14.7 Å². The maximum Gasteiger partial charge on any atom is 0.272 e. The number of nitrogens with one attached hydrogen (secondary N) is 2. The van der Waals surface area contributed by atoms with Crippen molar-refractivity contribution in [3.05, 3.63) is 59.3 Å². The van der Waals surface area contributed by atoms with Crippen LogP contribution in [0.15, 0.2) is 30.3 Å². The summed E-state index contributed by atoms with van der Waals surface area (Å²) in [6.07, 6.45) is 0. The molecule has 2 aromatic carbocycles. The number of amides is 1. The molecule has 0 aliphatic heterocycles. The second-order valence-electron chi connectivity index (χ2n) is 5.43. The van der Waals surface area contributed by atoms with Crippen molar-refractivity contribution in [2.45, 2.75) is 0 Å². The molecule has 0 fully saturated rings. The van der Waals surface area contributed by atoms with Crippen LogP contribution in [0.2, 0.25) is 0 Å². The Morgan fingerprint density at radius 2 is 1.74 bits per heavy atom. The quantitative estimate of drug-likeness (QED) is 0.508. The standard InChI is InChI=1S/C17H11F4N3O3/c18-10-5-11(19)14(21)16(13(10)20)27-7-8(25)6-22-17(26)15-9-3-1-2-4-12(9)23-24-15/h1-5H,6-7H2,(H,22,26)(H,23,24). The van der Waals surface area contributed by atoms with Crippen LogP contribution in [0.4, 0.5) is 17.6 Å². The van der Waals surface area contributed by atoms with Gasteiger partial charge in [-0.25, -0.2) is 8.78 Å². The number of aromatic amines is 1. The number of hydrogen-bond acceptors (Lipinski definition) is 4. The van der Waals surface area contributed by atoms with E-state index in [1.54, 1.807) is 24.3 Å². The first-order chi connectivity index (χ1) is 12.9. The number of rotatable bonds is 6. The summed E-state index contributed by atoms with van der Waals surface area (Å²) in [5.41, 5.74) is 0.681. The number of ketones is 1. The van der Waals surface area contributed by atoms with Crippen molar-refractivity contribution in [1.82, 2.24) is 15.5 Å². The molecular weight excluding hydrogens is 370 g/mol. The molecule has 0 radical (unpaired) electrons. The summed E-state index contributed by atoms with van der Waals surface area (Å²) in [4.78, 5) is 23.8. The SMILES string of the molecule is O=C(CNC(=O)c1n[nH]c2ccccc12)COc1c(F)c(F)cc(F)c1F. The highest BCUT2D eigenvalue weighted by molar-refractivity contribution is 6.05. The number of ether oxygens (including phenoxy) is 1. The van der Waals surface area contributed by atoms with E-state index in [2.05, 4.69) is 20.3 Å². The monoisotopic (exact) mass is 381 g/mol. The Balaban J connectivity index is 1.60. The lowest BCUT2D eigenvalue weighted by Gasteiger charge is -2.09. The van der Waals surface area contributed by atoms with Gasteiger partial charge in [-0.1, -0.05) is 18.2 Å². The van der Waals surface area contributed by atoms with E-state index in [9.17, 15) is 27.2 Å². The molecule has 0 unspecified atom stereocenters. The third kappa shape index (κ3) is 3.73. The highest BCUT2D eigenvalue weighted by Crippen LogP contribution is 2.26. The predicted octanol–water partition coefficient (Wildman–Crippen LogP) is 2.50. The first-order valence-electron chi connectivity index (χ1n) is 7.57. The van der Waals surface area contributed by atoms with Crippen LogP contribution < -0.4 is 10.1 Å². The molecule has 3 aromatic rings. The molecule has 0 aliphatic carbocycles. The van der Waals surface area contributed by atoms with Gasteiger partial charge in [0.15, 0.2) is 28.9 Å². The molecule has 0 saturated heterocycles. The van der Waals surface area contributed by atoms with Crippen molar-refractivity contribution in [2.75, 3.05) is 13.2 Å². The number of Topliss-reactive ketones (excluding diaryl/α,β-unsaturated/α-hetero) is 1. The molecule has 2 N–H and O–H groups in total. The smallest absolute Gasteiger partial charge is 0.272 e. The van der Waals surface area contributed by atoms with E-state index in [-0.39, 0.29) is 11.8 Å². The van der Waals surface area contributed by atoms with E-state index >= 15 is 0 Å². The molecule has 1 heterocycles. The highest BCUT2D eigenvalue weighted by atomic mass is 19.2. The van der Waals surface area contributed by atoms with Gasteiger partial charge in [0.1, 0.15) is 6.61 Å². The molecule has 0 atom stereocenters. The summed E-state index contributed by atoms with van der Waals surface area (Å²) in [6, 6.07) is 6.83. The normalized spacial score (nSPS) is 10.8. The number of halogens is 4. The topological polar surface area (TPSA) is 84.1 Å². The van der Waals surface area contributed by atoms with Crippen LogP contribution in [0.1, 0.15) is 10.5 Å². The van der Waals surface area contributed by atoms with Crippen molar-refractivity contribution in [1.29, 1.82) is 0 Å². The first-order valence-corrected chi connectivity index (χ1v) is 7.57. The van der Waals surface area contributed by atoms with E-state index in [0.29, 0.717) is 10.9 Å². The zero-order valence-electron chi connectivity index (χ0n) is 13.5. The predicted molar refractivity (Wildman–Crippen MR) is 85.2 cm³/mol. The fourth-order valence-electron chi connectivity index (χ4n) is 2.28.